The molecule has 0 radical (unpaired) electrons. The lowest BCUT2D eigenvalue weighted by atomic mass is 9.54. The van der Waals surface area contributed by atoms with E-state index in [2.05, 4.69) is 0 Å². The summed E-state index contributed by atoms with van der Waals surface area (Å²) < 4.78 is 23.5. The van der Waals surface area contributed by atoms with Gasteiger partial charge >= 0.3 is 11.9 Å². The second kappa shape index (κ2) is 11.2. The molecule has 4 aliphatic carbocycles. The summed E-state index contributed by atoms with van der Waals surface area (Å²) in [5.41, 5.74) is -2.17. The van der Waals surface area contributed by atoms with E-state index in [1.54, 1.807) is 13.8 Å². The van der Waals surface area contributed by atoms with Crippen LogP contribution in [0.2, 0.25) is 0 Å². The van der Waals surface area contributed by atoms with Crippen LogP contribution in [0.3, 0.4) is 0 Å². The normalized spacial score (nSPS) is 31.9. The Morgan fingerprint density at radius 1 is 0.971 bits per heavy atom. The minimum atomic E-state index is -1.56. The van der Waals surface area contributed by atoms with Crippen LogP contribution in [0, 0.1) is 28.6 Å². The molecule has 0 amide bonds. The molecule has 4 fully saturated rings. The fourth-order valence-corrected chi connectivity index (χ4v) is 8.03. The SMILES string of the molecule is CCC(C)(CC(C)(C)C(=O)OCC(O)CS(=O)CC(O)CO)C(=O)OC12CC3CC(CC(C3)C1)C2. The molecule has 9 heteroatoms. The highest BCUT2D eigenvalue weighted by Gasteiger charge is 2.55. The number of esters is 2. The molecule has 0 aromatic heterocycles. The van der Waals surface area contributed by atoms with Crippen LogP contribution in [0.1, 0.15) is 79.1 Å². The summed E-state index contributed by atoms with van der Waals surface area (Å²) in [5.74, 6) is 0.895. The molecule has 0 aromatic rings. The molecule has 4 aliphatic rings. The van der Waals surface area contributed by atoms with Gasteiger partial charge in [-0.15, -0.1) is 0 Å². The highest BCUT2D eigenvalue weighted by molar-refractivity contribution is 7.85. The minimum Gasteiger partial charge on any atom is -0.462 e. The zero-order valence-corrected chi connectivity index (χ0v) is 22.5. The Bertz CT molecular complexity index is 761. The molecule has 4 unspecified atom stereocenters. The van der Waals surface area contributed by atoms with E-state index in [-0.39, 0.29) is 36.1 Å². The third kappa shape index (κ3) is 7.05. The molecule has 4 atom stereocenters. The van der Waals surface area contributed by atoms with Crippen LogP contribution in [0.15, 0.2) is 0 Å². The fourth-order valence-electron chi connectivity index (χ4n) is 6.83. The van der Waals surface area contributed by atoms with Crippen molar-refractivity contribution >= 4 is 22.7 Å². The molecule has 0 aromatic carbocycles. The van der Waals surface area contributed by atoms with E-state index in [0.717, 1.165) is 19.3 Å². The van der Waals surface area contributed by atoms with Gasteiger partial charge in [-0.2, -0.15) is 0 Å². The van der Waals surface area contributed by atoms with E-state index in [1.807, 2.05) is 13.8 Å². The minimum absolute atomic E-state index is 0.159. The zero-order chi connectivity index (χ0) is 26.0. The summed E-state index contributed by atoms with van der Waals surface area (Å²) in [5, 5.41) is 28.3. The lowest BCUT2D eigenvalue weighted by Gasteiger charge is -2.56. The molecule has 35 heavy (non-hydrogen) atoms. The summed E-state index contributed by atoms with van der Waals surface area (Å²) in [6, 6.07) is 0. The number of hydrogen-bond donors (Lipinski definition) is 3. The number of rotatable bonds is 13. The predicted octanol–water partition coefficient (Wildman–Crippen LogP) is 2.34. The van der Waals surface area contributed by atoms with Gasteiger partial charge in [0.05, 0.1) is 41.2 Å². The molecule has 0 spiro atoms. The van der Waals surface area contributed by atoms with Crippen molar-refractivity contribution in [3.8, 4) is 0 Å². The maximum Gasteiger partial charge on any atom is 0.312 e. The van der Waals surface area contributed by atoms with Crippen molar-refractivity contribution in [2.45, 2.75) is 96.9 Å². The number of aliphatic hydroxyl groups excluding tert-OH is 3. The van der Waals surface area contributed by atoms with Crippen molar-refractivity contribution in [1.29, 1.82) is 0 Å². The standard InChI is InChI=1S/C26H44O8S/c1-5-25(4,23(31)34-26-9-17-6-18(10-26)8-19(7-17)11-26)16-24(2,3)22(30)33-13-21(29)15-35(32)14-20(28)12-27/h17-21,27-29H,5-16H2,1-4H3. The molecular formula is C26H44O8S. The van der Waals surface area contributed by atoms with Crippen molar-refractivity contribution in [3.05, 3.63) is 0 Å². The highest BCUT2D eigenvalue weighted by Crippen LogP contribution is 2.57. The first kappa shape index (κ1) is 28.5. The fraction of sp³-hybridized carbons (Fsp3) is 0.923. The Morgan fingerprint density at radius 3 is 1.97 bits per heavy atom. The van der Waals surface area contributed by atoms with Gasteiger partial charge in [0.2, 0.25) is 0 Å². The summed E-state index contributed by atoms with van der Waals surface area (Å²) in [6.07, 6.45) is 5.20. The first-order valence-corrected chi connectivity index (χ1v) is 14.5. The Morgan fingerprint density at radius 2 is 1.49 bits per heavy atom. The predicted molar refractivity (Wildman–Crippen MR) is 132 cm³/mol. The second-order valence-corrected chi connectivity index (χ2v) is 13.9. The summed E-state index contributed by atoms with van der Waals surface area (Å²) in [7, 11) is -1.56. The van der Waals surface area contributed by atoms with Crippen LogP contribution in [0.4, 0.5) is 0 Å². The van der Waals surface area contributed by atoms with Crippen LogP contribution < -0.4 is 0 Å². The summed E-state index contributed by atoms with van der Waals surface area (Å²) in [4.78, 5) is 26.4. The quantitative estimate of drug-likeness (QED) is 0.318. The van der Waals surface area contributed by atoms with Crippen LogP contribution >= 0.6 is 0 Å². The number of ether oxygens (including phenoxy) is 2. The van der Waals surface area contributed by atoms with Crippen LogP contribution in [0.25, 0.3) is 0 Å². The number of carbonyl (C=O) groups is 2. The Labute approximate surface area is 211 Å². The number of aliphatic hydroxyl groups is 3. The zero-order valence-electron chi connectivity index (χ0n) is 21.7. The molecule has 0 heterocycles. The largest absolute Gasteiger partial charge is 0.462 e. The van der Waals surface area contributed by atoms with Crippen LogP contribution in [-0.2, 0) is 29.9 Å². The number of carbonyl (C=O) groups excluding carboxylic acids is 2. The van der Waals surface area contributed by atoms with Gasteiger partial charge in [-0.1, -0.05) is 6.92 Å². The van der Waals surface area contributed by atoms with Crippen molar-refractivity contribution in [1.82, 2.24) is 0 Å². The molecule has 4 rings (SSSR count). The van der Waals surface area contributed by atoms with Crippen molar-refractivity contribution < 1.29 is 38.6 Å². The first-order valence-electron chi connectivity index (χ1n) is 13.0. The molecule has 3 N–H and O–H groups in total. The number of hydrogen-bond acceptors (Lipinski definition) is 8. The van der Waals surface area contributed by atoms with Crippen LogP contribution in [-0.4, -0.2) is 74.0 Å². The third-order valence-corrected chi connectivity index (χ3v) is 9.84. The molecular weight excluding hydrogens is 472 g/mol. The third-order valence-electron chi connectivity index (χ3n) is 8.32. The van der Waals surface area contributed by atoms with E-state index in [0.29, 0.717) is 24.2 Å². The summed E-state index contributed by atoms with van der Waals surface area (Å²) >= 11 is 0. The van der Waals surface area contributed by atoms with Crippen molar-refractivity contribution in [3.63, 3.8) is 0 Å². The van der Waals surface area contributed by atoms with Gasteiger partial charge < -0.3 is 24.8 Å². The average molecular weight is 517 g/mol. The molecule has 4 saturated carbocycles. The Balaban J connectivity index is 1.54. The first-order chi connectivity index (χ1) is 16.3. The van der Waals surface area contributed by atoms with Gasteiger partial charge in [-0.25, -0.2) is 0 Å². The van der Waals surface area contributed by atoms with Gasteiger partial charge in [-0.3, -0.25) is 13.8 Å². The van der Waals surface area contributed by atoms with E-state index in [9.17, 15) is 24.0 Å². The van der Waals surface area contributed by atoms with E-state index < -0.39 is 46.4 Å². The van der Waals surface area contributed by atoms with Crippen molar-refractivity contribution in [2.24, 2.45) is 28.6 Å². The maximum atomic E-state index is 13.5. The topological polar surface area (TPSA) is 130 Å². The molecule has 202 valence electrons. The van der Waals surface area contributed by atoms with E-state index >= 15 is 0 Å². The average Bonchev–Trinajstić information content (AvgIpc) is 2.75. The van der Waals surface area contributed by atoms with Gasteiger partial charge in [0.25, 0.3) is 0 Å². The lowest BCUT2D eigenvalue weighted by Crippen LogP contribution is -2.54. The lowest BCUT2D eigenvalue weighted by molar-refractivity contribution is -0.199. The molecule has 0 aliphatic heterocycles. The van der Waals surface area contributed by atoms with Crippen molar-refractivity contribution in [2.75, 3.05) is 24.7 Å². The van der Waals surface area contributed by atoms with Crippen LogP contribution in [0.5, 0.6) is 0 Å². The molecule has 8 nitrogen and oxygen atoms in total. The van der Waals surface area contributed by atoms with E-state index in [4.69, 9.17) is 14.6 Å². The summed E-state index contributed by atoms with van der Waals surface area (Å²) in [6.45, 7) is 6.40. The molecule has 0 saturated heterocycles. The Hall–Kier alpha value is -1.03. The van der Waals surface area contributed by atoms with E-state index in [1.165, 1.54) is 19.3 Å². The van der Waals surface area contributed by atoms with Gasteiger partial charge in [0.1, 0.15) is 12.2 Å². The van der Waals surface area contributed by atoms with Gasteiger partial charge in [0, 0.05) is 10.8 Å². The smallest absolute Gasteiger partial charge is 0.312 e. The monoisotopic (exact) mass is 516 g/mol. The van der Waals surface area contributed by atoms with Gasteiger partial charge in [0.15, 0.2) is 0 Å². The maximum absolute atomic E-state index is 13.5. The van der Waals surface area contributed by atoms with Gasteiger partial charge in [-0.05, 0) is 89.9 Å². The highest BCUT2D eigenvalue weighted by atomic mass is 32.2. The Kier molecular flexibility index (Phi) is 9.09. The second-order valence-electron chi connectivity index (χ2n) is 12.3. The molecule has 4 bridgehead atoms.